The second kappa shape index (κ2) is 7.99. The zero-order chi connectivity index (χ0) is 21.4. The van der Waals surface area contributed by atoms with Crippen molar-refractivity contribution in [1.82, 2.24) is 25.3 Å². The Balaban J connectivity index is 1.31. The van der Waals surface area contributed by atoms with Crippen LogP contribution in [0.1, 0.15) is 18.5 Å². The van der Waals surface area contributed by atoms with Gasteiger partial charge in [0.05, 0.1) is 37.0 Å². The molecule has 3 aliphatic rings. The Morgan fingerprint density at radius 2 is 1.72 bits per heavy atom. The molecule has 32 heavy (non-hydrogen) atoms. The van der Waals surface area contributed by atoms with Gasteiger partial charge in [-0.05, 0) is 6.07 Å². The molecule has 2 fully saturated rings. The lowest BCUT2D eigenvalue weighted by Crippen LogP contribution is -2.44. The van der Waals surface area contributed by atoms with Crippen LogP contribution in [-0.2, 0) is 10.3 Å². The number of hydrogen-bond acceptors (Lipinski definition) is 9. The van der Waals surface area contributed by atoms with Crippen LogP contribution in [-0.4, -0.2) is 59.3 Å². The van der Waals surface area contributed by atoms with Crippen molar-refractivity contribution in [2.24, 2.45) is 0 Å². The zero-order valence-electron chi connectivity index (χ0n) is 17.8. The molecule has 1 aromatic carbocycles. The number of hydrogen-bond donors (Lipinski definition) is 2. The van der Waals surface area contributed by atoms with Crippen LogP contribution < -0.4 is 20.3 Å². The summed E-state index contributed by atoms with van der Waals surface area (Å²) in [7, 11) is 0. The number of anilines is 3. The van der Waals surface area contributed by atoms with E-state index >= 15 is 0 Å². The van der Waals surface area contributed by atoms with E-state index in [-0.39, 0.29) is 0 Å². The van der Waals surface area contributed by atoms with E-state index in [1.54, 1.807) is 12.4 Å². The van der Waals surface area contributed by atoms with Crippen LogP contribution in [0.4, 0.5) is 17.6 Å². The molecule has 164 valence electrons. The van der Waals surface area contributed by atoms with Crippen LogP contribution in [0, 0.1) is 0 Å². The number of nitrogens with zero attached hydrogens (tertiary/aromatic N) is 5. The predicted octanol–water partition coefficient (Wildman–Crippen LogP) is 2.48. The van der Waals surface area contributed by atoms with Crippen LogP contribution >= 0.6 is 0 Å². The number of para-hydroxylation sites is 1. The molecule has 6 rings (SSSR count). The molecule has 0 radical (unpaired) electrons. The first-order valence-electron chi connectivity index (χ1n) is 11.1. The van der Waals surface area contributed by atoms with Gasteiger partial charge in [0.25, 0.3) is 0 Å². The molecule has 2 saturated heterocycles. The van der Waals surface area contributed by atoms with Crippen LogP contribution in [0.3, 0.4) is 0 Å². The van der Waals surface area contributed by atoms with Crippen molar-refractivity contribution in [3.63, 3.8) is 0 Å². The lowest BCUT2D eigenvalue weighted by molar-refractivity contribution is -0.0540. The van der Waals surface area contributed by atoms with Gasteiger partial charge in [0.1, 0.15) is 5.75 Å². The lowest BCUT2D eigenvalue weighted by atomic mass is 9.83. The average Bonchev–Trinajstić information content (AvgIpc) is 2.86. The number of rotatable bonds is 3. The van der Waals surface area contributed by atoms with Gasteiger partial charge in [0.15, 0.2) is 5.60 Å². The summed E-state index contributed by atoms with van der Waals surface area (Å²) in [6.07, 6.45) is 6.96. The van der Waals surface area contributed by atoms with Crippen molar-refractivity contribution in [3.05, 3.63) is 48.5 Å². The lowest BCUT2D eigenvalue weighted by Gasteiger charge is -2.41. The van der Waals surface area contributed by atoms with E-state index in [0.29, 0.717) is 19.2 Å². The first-order valence-corrected chi connectivity index (χ1v) is 11.1. The van der Waals surface area contributed by atoms with Crippen molar-refractivity contribution >= 4 is 17.6 Å². The highest BCUT2D eigenvalue weighted by Crippen LogP contribution is 2.48. The Labute approximate surface area is 186 Å². The summed E-state index contributed by atoms with van der Waals surface area (Å²) in [5.41, 5.74) is 3.21. The van der Waals surface area contributed by atoms with Crippen LogP contribution in [0.5, 0.6) is 5.75 Å². The molecule has 0 unspecified atom stereocenters. The number of ether oxygens (including phenoxy) is 2. The van der Waals surface area contributed by atoms with Gasteiger partial charge < -0.3 is 25.0 Å². The summed E-state index contributed by atoms with van der Waals surface area (Å²) in [6.45, 7) is 5.02. The Kier molecular flexibility index (Phi) is 4.84. The fraction of sp³-hybridized carbons (Fsp3) is 0.391. The molecule has 0 saturated carbocycles. The first-order chi connectivity index (χ1) is 15.8. The highest BCUT2D eigenvalue weighted by Gasteiger charge is 2.44. The van der Waals surface area contributed by atoms with Crippen molar-refractivity contribution in [2.75, 3.05) is 49.6 Å². The third kappa shape index (κ3) is 3.43. The Morgan fingerprint density at radius 3 is 2.53 bits per heavy atom. The van der Waals surface area contributed by atoms with E-state index in [4.69, 9.17) is 14.5 Å². The standard InChI is InChI=1S/C23H25N7O2/c1-2-4-19-17(3-1)18-15-25-21(29-20(18)23(32-19)5-11-31-12-6-23)28-16-13-26-22(27-14-16)30-9-7-24-8-10-30/h1-4,13-15,24H,5-12H2,(H,25,28,29). The number of piperazine rings is 1. The van der Waals surface area contributed by atoms with Crippen molar-refractivity contribution < 1.29 is 9.47 Å². The van der Waals surface area contributed by atoms with Gasteiger partial charge in [0, 0.05) is 56.3 Å². The van der Waals surface area contributed by atoms with Gasteiger partial charge in [-0.3, -0.25) is 0 Å². The van der Waals surface area contributed by atoms with E-state index in [0.717, 1.165) is 73.2 Å². The maximum Gasteiger partial charge on any atom is 0.227 e. The molecule has 0 amide bonds. The Bertz CT molecular complexity index is 1110. The highest BCUT2D eigenvalue weighted by atomic mass is 16.5. The molecule has 0 aliphatic carbocycles. The quantitative estimate of drug-likeness (QED) is 0.648. The van der Waals surface area contributed by atoms with Gasteiger partial charge in [-0.25, -0.2) is 19.9 Å². The second-order valence-corrected chi connectivity index (χ2v) is 8.29. The molecule has 3 aliphatic heterocycles. The minimum absolute atomic E-state index is 0.496. The van der Waals surface area contributed by atoms with Crippen LogP contribution in [0.2, 0.25) is 0 Å². The summed E-state index contributed by atoms with van der Waals surface area (Å²) >= 11 is 0. The molecule has 1 spiro atoms. The summed E-state index contributed by atoms with van der Waals surface area (Å²) in [5.74, 6) is 2.13. The van der Waals surface area contributed by atoms with E-state index in [1.165, 1.54) is 0 Å². The monoisotopic (exact) mass is 431 g/mol. The number of benzene rings is 1. The molecule has 3 aromatic rings. The Hall–Kier alpha value is -3.30. The normalized spacial score (nSPS) is 19.1. The summed E-state index contributed by atoms with van der Waals surface area (Å²) in [5, 5.41) is 6.61. The SMILES string of the molecule is c1ccc2c(c1)OC1(CCOCC1)c1nc(Nc3cnc(N4CCNCC4)nc3)ncc1-2. The number of nitrogens with one attached hydrogen (secondary N) is 2. The smallest absolute Gasteiger partial charge is 0.227 e. The van der Waals surface area contributed by atoms with Gasteiger partial charge >= 0.3 is 0 Å². The third-order valence-corrected chi connectivity index (χ3v) is 6.30. The number of fused-ring (bicyclic) bond motifs is 4. The van der Waals surface area contributed by atoms with E-state index in [2.05, 4.69) is 36.6 Å². The molecule has 2 N–H and O–H groups in total. The molecular weight excluding hydrogens is 406 g/mol. The fourth-order valence-electron chi connectivity index (χ4n) is 4.61. The molecule has 9 heteroatoms. The summed E-state index contributed by atoms with van der Waals surface area (Å²) in [6, 6.07) is 8.08. The van der Waals surface area contributed by atoms with Gasteiger partial charge in [-0.15, -0.1) is 0 Å². The van der Waals surface area contributed by atoms with Crippen LogP contribution in [0.25, 0.3) is 11.1 Å². The summed E-state index contributed by atoms with van der Waals surface area (Å²) < 4.78 is 12.2. The zero-order valence-corrected chi connectivity index (χ0v) is 17.8. The van der Waals surface area contributed by atoms with Gasteiger partial charge in [0.2, 0.25) is 11.9 Å². The third-order valence-electron chi connectivity index (χ3n) is 6.30. The van der Waals surface area contributed by atoms with Crippen molar-refractivity contribution in [3.8, 4) is 16.9 Å². The van der Waals surface area contributed by atoms with E-state index in [9.17, 15) is 0 Å². The van der Waals surface area contributed by atoms with Gasteiger partial charge in [-0.2, -0.15) is 0 Å². The van der Waals surface area contributed by atoms with Crippen molar-refractivity contribution in [1.29, 1.82) is 0 Å². The number of aromatic nitrogens is 4. The molecule has 0 atom stereocenters. The van der Waals surface area contributed by atoms with Crippen molar-refractivity contribution in [2.45, 2.75) is 18.4 Å². The minimum atomic E-state index is -0.496. The Morgan fingerprint density at radius 1 is 0.938 bits per heavy atom. The second-order valence-electron chi connectivity index (χ2n) is 8.29. The maximum atomic E-state index is 6.54. The molecule has 0 bridgehead atoms. The largest absolute Gasteiger partial charge is 0.480 e. The molecule has 2 aromatic heterocycles. The first kappa shape index (κ1) is 19.4. The van der Waals surface area contributed by atoms with Gasteiger partial charge in [-0.1, -0.05) is 18.2 Å². The average molecular weight is 432 g/mol. The minimum Gasteiger partial charge on any atom is -0.480 e. The molecular formula is C23H25N7O2. The summed E-state index contributed by atoms with van der Waals surface area (Å²) in [4.78, 5) is 20.7. The van der Waals surface area contributed by atoms with E-state index in [1.807, 2.05) is 24.4 Å². The fourth-order valence-corrected chi connectivity index (χ4v) is 4.61. The topological polar surface area (TPSA) is 97.3 Å². The molecule has 9 nitrogen and oxygen atoms in total. The molecule has 5 heterocycles. The highest BCUT2D eigenvalue weighted by molar-refractivity contribution is 5.75. The van der Waals surface area contributed by atoms with E-state index < -0.39 is 5.60 Å². The van der Waals surface area contributed by atoms with Crippen LogP contribution in [0.15, 0.2) is 42.9 Å². The predicted molar refractivity (Wildman–Crippen MR) is 120 cm³/mol. The maximum absolute atomic E-state index is 6.54.